The first kappa shape index (κ1) is 19.8. The van der Waals surface area contributed by atoms with Crippen molar-refractivity contribution in [3.63, 3.8) is 0 Å². The number of H-pyrrole nitrogens is 1. The molecule has 1 saturated carbocycles. The molecular weight excluding hydrogens is 374 g/mol. The molecule has 8 heteroatoms. The van der Waals surface area contributed by atoms with E-state index in [-0.39, 0.29) is 6.61 Å². The molecule has 1 aliphatic carbocycles. The highest BCUT2D eigenvalue weighted by molar-refractivity contribution is 7.82. The zero-order valence-electron chi connectivity index (χ0n) is 16.8. The molecule has 2 N–H and O–H groups in total. The van der Waals surface area contributed by atoms with Gasteiger partial charge in [0.2, 0.25) is 0 Å². The van der Waals surface area contributed by atoms with Crippen LogP contribution in [0.5, 0.6) is 0 Å². The summed E-state index contributed by atoms with van der Waals surface area (Å²) in [5.41, 5.74) is 0.875. The van der Waals surface area contributed by atoms with Gasteiger partial charge >= 0.3 is 0 Å². The van der Waals surface area contributed by atoms with Crippen LogP contribution in [-0.2, 0) is 11.0 Å². The number of rotatable bonds is 6. The highest BCUT2D eigenvalue weighted by Gasteiger charge is 2.34. The van der Waals surface area contributed by atoms with Crippen LogP contribution >= 0.6 is 0 Å². The SMILES string of the molecule is CC1CC(CS(=O)N2CCC(CO)C2)CCC1N(C)c1ncnc2[nH]ccc12. The number of fused-ring (bicyclic) bond motifs is 1. The first-order chi connectivity index (χ1) is 13.6. The summed E-state index contributed by atoms with van der Waals surface area (Å²) in [6.07, 6.45) is 7.78. The van der Waals surface area contributed by atoms with Crippen LogP contribution in [0.25, 0.3) is 11.0 Å². The van der Waals surface area contributed by atoms with Gasteiger partial charge in [-0.05, 0) is 49.5 Å². The summed E-state index contributed by atoms with van der Waals surface area (Å²) >= 11 is 0. The van der Waals surface area contributed by atoms with Crippen molar-refractivity contribution < 1.29 is 9.32 Å². The van der Waals surface area contributed by atoms with E-state index in [1.807, 2.05) is 12.3 Å². The second kappa shape index (κ2) is 8.47. The van der Waals surface area contributed by atoms with E-state index < -0.39 is 11.0 Å². The van der Waals surface area contributed by atoms with Crippen molar-refractivity contribution in [1.82, 2.24) is 19.3 Å². The third-order valence-corrected chi connectivity index (χ3v) is 8.23. The first-order valence-corrected chi connectivity index (χ1v) is 11.6. The first-order valence-electron chi connectivity index (χ1n) is 10.3. The van der Waals surface area contributed by atoms with Gasteiger partial charge in [0.1, 0.15) is 17.8 Å². The van der Waals surface area contributed by atoms with E-state index in [9.17, 15) is 9.32 Å². The van der Waals surface area contributed by atoms with E-state index in [1.165, 1.54) is 0 Å². The van der Waals surface area contributed by atoms with Gasteiger partial charge in [0.15, 0.2) is 0 Å². The van der Waals surface area contributed by atoms with Crippen LogP contribution in [0.4, 0.5) is 5.82 Å². The highest BCUT2D eigenvalue weighted by atomic mass is 32.2. The van der Waals surface area contributed by atoms with Crippen molar-refractivity contribution in [2.24, 2.45) is 17.8 Å². The lowest BCUT2D eigenvalue weighted by Gasteiger charge is -2.40. The molecule has 7 nitrogen and oxygen atoms in total. The predicted octanol–water partition coefficient (Wildman–Crippen LogP) is 2.18. The Hall–Kier alpha value is -1.51. The highest BCUT2D eigenvalue weighted by Crippen LogP contribution is 2.35. The van der Waals surface area contributed by atoms with Crippen molar-refractivity contribution >= 4 is 27.8 Å². The maximum absolute atomic E-state index is 12.8. The van der Waals surface area contributed by atoms with Crippen LogP contribution < -0.4 is 4.90 Å². The maximum atomic E-state index is 12.8. The predicted molar refractivity (Wildman–Crippen MR) is 112 cm³/mol. The van der Waals surface area contributed by atoms with Gasteiger partial charge in [-0.3, -0.25) is 0 Å². The zero-order chi connectivity index (χ0) is 19.7. The molecule has 2 aliphatic rings. The Kier molecular flexibility index (Phi) is 5.99. The van der Waals surface area contributed by atoms with Crippen molar-refractivity contribution in [3.8, 4) is 0 Å². The molecule has 4 rings (SSSR count). The third-order valence-electron chi connectivity index (χ3n) is 6.57. The monoisotopic (exact) mass is 405 g/mol. The smallest absolute Gasteiger partial charge is 0.142 e. The number of aromatic nitrogens is 3. The summed E-state index contributed by atoms with van der Waals surface area (Å²) in [5, 5.41) is 10.4. The lowest BCUT2D eigenvalue weighted by molar-refractivity contribution is 0.233. The van der Waals surface area contributed by atoms with Crippen LogP contribution in [0.3, 0.4) is 0 Å². The molecule has 5 unspecified atom stereocenters. The summed E-state index contributed by atoms with van der Waals surface area (Å²) in [4.78, 5) is 14.3. The molecule has 3 heterocycles. The Bertz CT molecular complexity index is 828. The van der Waals surface area contributed by atoms with Gasteiger partial charge in [-0.1, -0.05) is 6.92 Å². The van der Waals surface area contributed by atoms with Crippen LogP contribution in [0.15, 0.2) is 18.6 Å². The fourth-order valence-electron chi connectivity index (χ4n) is 4.95. The van der Waals surface area contributed by atoms with Gasteiger partial charge in [-0.2, -0.15) is 0 Å². The second-order valence-electron chi connectivity index (χ2n) is 8.49. The van der Waals surface area contributed by atoms with Gasteiger partial charge in [-0.15, -0.1) is 0 Å². The average molecular weight is 406 g/mol. The fraction of sp³-hybridized carbons (Fsp3) is 0.700. The molecule has 2 aromatic heterocycles. The molecule has 2 aromatic rings. The summed E-state index contributed by atoms with van der Waals surface area (Å²) < 4.78 is 14.8. The van der Waals surface area contributed by atoms with Crippen LogP contribution in [0.2, 0.25) is 0 Å². The Morgan fingerprint density at radius 1 is 1.32 bits per heavy atom. The van der Waals surface area contributed by atoms with Gasteiger partial charge in [0, 0.05) is 44.7 Å². The van der Waals surface area contributed by atoms with Crippen molar-refractivity contribution in [2.75, 3.05) is 37.4 Å². The number of aliphatic hydroxyl groups excluding tert-OH is 1. The minimum Gasteiger partial charge on any atom is -0.396 e. The number of nitrogens with one attached hydrogen (secondary N) is 1. The number of aromatic amines is 1. The average Bonchev–Trinajstić information content (AvgIpc) is 3.36. The number of aliphatic hydroxyl groups is 1. The molecule has 154 valence electrons. The Labute approximate surface area is 169 Å². The molecule has 5 atom stereocenters. The Balaban J connectivity index is 1.36. The number of anilines is 1. The lowest BCUT2D eigenvalue weighted by Crippen LogP contribution is -2.42. The third kappa shape index (κ3) is 3.95. The number of hydrogen-bond donors (Lipinski definition) is 2. The van der Waals surface area contributed by atoms with Crippen molar-refractivity contribution in [3.05, 3.63) is 18.6 Å². The molecule has 1 aliphatic heterocycles. The molecule has 0 aromatic carbocycles. The van der Waals surface area contributed by atoms with E-state index in [4.69, 9.17) is 0 Å². The number of hydrogen-bond acceptors (Lipinski definition) is 5. The van der Waals surface area contributed by atoms with Gasteiger partial charge < -0.3 is 15.0 Å². The molecule has 0 bridgehead atoms. The molecule has 28 heavy (non-hydrogen) atoms. The van der Waals surface area contributed by atoms with Gasteiger partial charge in [0.25, 0.3) is 0 Å². The summed E-state index contributed by atoms with van der Waals surface area (Å²) in [5.74, 6) is 3.07. The molecule has 2 fully saturated rings. The minimum atomic E-state index is -0.917. The quantitative estimate of drug-likeness (QED) is 0.769. The van der Waals surface area contributed by atoms with Crippen LogP contribution in [0, 0.1) is 17.8 Å². The van der Waals surface area contributed by atoms with Gasteiger partial charge in [-0.25, -0.2) is 18.5 Å². The molecule has 0 amide bonds. The van der Waals surface area contributed by atoms with E-state index in [1.54, 1.807) is 6.33 Å². The van der Waals surface area contributed by atoms with Crippen LogP contribution in [0.1, 0.15) is 32.6 Å². The van der Waals surface area contributed by atoms with Crippen molar-refractivity contribution in [2.45, 2.75) is 38.6 Å². The Morgan fingerprint density at radius 2 is 2.18 bits per heavy atom. The second-order valence-corrected chi connectivity index (χ2v) is 9.98. The van der Waals surface area contributed by atoms with Gasteiger partial charge in [0.05, 0.1) is 16.4 Å². The summed E-state index contributed by atoms with van der Waals surface area (Å²) in [7, 11) is 1.22. The summed E-state index contributed by atoms with van der Waals surface area (Å²) in [6, 6.07) is 2.47. The zero-order valence-corrected chi connectivity index (χ0v) is 17.6. The molecular formula is C20H31N5O2S. The van der Waals surface area contributed by atoms with Crippen LogP contribution in [-0.4, -0.2) is 67.1 Å². The summed E-state index contributed by atoms with van der Waals surface area (Å²) in [6.45, 7) is 4.14. The maximum Gasteiger partial charge on any atom is 0.142 e. The largest absolute Gasteiger partial charge is 0.396 e. The Morgan fingerprint density at radius 3 is 2.93 bits per heavy atom. The topological polar surface area (TPSA) is 85.3 Å². The van der Waals surface area contributed by atoms with E-state index >= 15 is 0 Å². The fourth-order valence-corrected chi connectivity index (χ4v) is 6.56. The standard InChI is InChI=1S/C20H31N5O2S/c1-14-9-15(12-28(27)25-8-6-16(10-25)11-26)3-4-18(14)24(2)20-17-5-7-21-19(17)22-13-23-20/h5,7,13-16,18,26H,3-4,6,8-12H2,1-2H3,(H,21,22,23). The van der Waals surface area contributed by atoms with E-state index in [0.717, 1.165) is 61.4 Å². The minimum absolute atomic E-state index is 0.208. The molecule has 1 saturated heterocycles. The van der Waals surface area contributed by atoms with E-state index in [2.05, 4.69) is 38.1 Å². The van der Waals surface area contributed by atoms with Crippen molar-refractivity contribution in [1.29, 1.82) is 0 Å². The lowest BCUT2D eigenvalue weighted by atomic mass is 9.79. The van der Waals surface area contributed by atoms with E-state index in [0.29, 0.717) is 23.8 Å². The molecule has 0 spiro atoms. The number of nitrogens with zero attached hydrogens (tertiary/aromatic N) is 4. The normalized spacial score (nSPS) is 30.0. The molecule has 0 radical (unpaired) electrons.